The molecule has 0 unspecified atom stereocenters. The minimum atomic E-state index is -2.81. The molecule has 708 valence electrons. The van der Waals surface area contributed by atoms with E-state index < -0.39 is 16.1 Å². The SMILES string of the molecule is Brc1ccc2[nH]c3ccc(Br)cc3c2c1.Brc1ccc2c(c1)-c1cc(Br)ccc1C2c1ccccc1.Brc1ccc2c(c1)c1cc([Si](c3ccccc3)(c3ccccc3)c3ccccc3)ccc1n2-c1ccccc1.F.Ic1ccccc1.c1ccc(N(c2ccc3c(c2)c2ccccc2n3-c2ccccc2)c2ccc3c(c2)c2cc([Si](c4ccccc4)(c4ccccc4)c4ccccc4)ccc2n3-c2ccccc2)cc1. The van der Waals surface area contributed by atoms with Gasteiger partial charge in [-0.15, -0.1) is 0 Å². The number of aromatic amines is 1. The number of aromatic nitrogens is 4. The molecule has 27 rings (SSSR count). The number of rotatable bonds is 15. The minimum absolute atomic E-state index is 0. The van der Waals surface area contributed by atoms with Gasteiger partial charge in [-0.1, -0.05) is 438 Å². The third-order valence-corrected chi connectivity index (χ3v) is 40.9. The number of hydrogen-bond acceptors (Lipinski definition) is 1. The predicted molar refractivity (Wildman–Crippen MR) is 653 cm³/mol. The van der Waals surface area contributed by atoms with Gasteiger partial charge in [0.15, 0.2) is 16.1 Å². The first kappa shape index (κ1) is 97.1. The molecular weight excluding hydrogens is 2270 g/mol. The van der Waals surface area contributed by atoms with Crippen LogP contribution in [0.25, 0.3) is 115 Å². The molecule has 4 aromatic heterocycles. The quantitative estimate of drug-likeness (QED) is 0.0619. The molecule has 14 heteroatoms. The molecule has 4 heterocycles. The number of nitrogens with zero attached hydrogens (tertiary/aromatic N) is 4. The molecule has 22 aromatic carbocycles. The lowest BCUT2D eigenvalue weighted by molar-refractivity contribution is 1.01. The van der Waals surface area contributed by atoms with E-state index in [1.54, 1.807) is 0 Å². The summed E-state index contributed by atoms with van der Waals surface area (Å²) in [6.07, 6.45) is 0. The van der Waals surface area contributed by atoms with Crippen LogP contribution in [0.4, 0.5) is 21.8 Å². The predicted octanol–water partition coefficient (Wildman–Crippen LogP) is 33.3. The van der Waals surface area contributed by atoms with E-state index in [0.29, 0.717) is 5.92 Å². The van der Waals surface area contributed by atoms with E-state index in [2.05, 4.69) is 648 Å². The van der Waals surface area contributed by atoms with Gasteiger partial charge >= 0.3 is 0 Å². The molecule has 5 nitrogen and oxygen atoms in total. The molecule has 1 aliphatic rings. The van der Waals surface area contributed by atoms with Crippen LogP contribution in [0.15, 0.2) is 574 Å². The molecule has 0 bridgehead atoms. The van der Waals surface area contributed by atoms with Crippen molar-refractivity contribution in [2.45, 2.75) is 5.92 Å². The standard InChI is InChI=1S/C60H43N3Si.C36H26BrNSi.C19H12Br2.C12H7Br2N.C6H5I.FH/c1-7-21-44(22-8-1)61(47-35-38-58-54(41-47)53-33-19-20-34-57(53)62(58)45-23-9-2-10-24-45)48-36-39-59-55(42-48)56-43-52(37-40-60(56)63(59)46-25-11-3-12-26-46)64(49-27-13-4-14-28-49,50-29-15-5-16-30-50)51-31-17-6-18-32-51;37-27-21-23-35-33(25-27)34-26-32(22-24-36(34)38(35)28-13-5-1-6-14-28)39(29-15-7-2-8-16-29,30-17-9-3-10-18-30)31-19-11-4-12-20-31;20-13-6-8-15-17(10-13)18-11-14(21)7-9-16(18)19(15)12-4-2-1-3-5-12;13-7-1-3-11-9(5-7)10-6-8(14)2-4-12(10)15-11;7-6-4-2-1-3-5-6;/h1-43H;1-26H;1-11,19H;1-6,15H;1-5H;1H. The zero-order chi connectivity index (χ0) is 98.6. The molecule has 0 fully saturated rings. The van der Waals surface area contributed by atoms with Crippen LogP contribution in [0.3, 0.4) is 0 Å². The summed E-state index contributed by atoms with van der Waals surface area (Å²) in [6, 6.07) is 201. The monoisotopic (exact) mass is 2360 g/mol. The van der Waals surface area contributed by atoms with Crippen LogP contribution in [0.5, 0.6) is 0 Å². The minimum Gasteiger partial charge on any atom is -0.355 e. The number of H-pyrrole nitrogens is 1. The molecule has 0 atom stereocenters. The van der Waals surface area contributed by atoms with Gasteiger partial charge in [0, 0.05) is 120 Å². The second-order valence-corrected chi connectivity index (χ2v) is 50.0. The lowest BCUT2D eigenvalue weighted by Gasteiger charge is -2.34. The van der Waals surface area contributed by atoms with Crippen molar-refractivity contribution in [1.29, 1.82) is 0 Å². The number of fused-ring (bicyclic) bond motifs is 15. The summed E-state index contributed by atoms with van der Waals surface area (Å²) in [5.74, 6) is 0.331. The molecule has 26 aromatic rings. The summed E-state index contributed by atoms with van der Waals surface area (Å²) >= 11 is 20.2. The van der Waals surface area contributed by atoms with Crippen molar-refractivity contribution >= 4 is 264 Å². The fourth-order valence-corrected chi connectivity index (χ4v) is 33.7. The number of halogens is 7. The Morgan fingerprint density at radius 3 is 0.837 bits per heavy atom. The summed E-state index contributed by atoms with van der Waals surface area (Å²) in [5.41, 5.74) is 23.0. The van der Waals surface area contributed by atoms with Gasteiger partial charge in [-0.3, -0.25) is 4.70 Å². The van der Waals surface area contributed by atoms with Gasteiger partial charge in [0.1, 0.15) is 0 Å². The van der Waals surface area contributed by atoms with E-state index in [-0.39, 0.29) is 4.70 Å². The number of nitrogens with one attached hydrogen (secondary N) is 1. The second-order valence-electron chi connectivity index (χ2n) is 36.5. The Balaban J connectivity index is 0.000000123. The third kappa shape index (κ3) is 18.9. The van der Waals surface area contributed by atoms with Crippen molar-refractivity contribution in [2.75, 3.05) is 4.90 Å². The topological polar surface area (TPSA) is 33.8 Å². The largest absolute Gasteiger partial charge is 0.355 e. The maximum absolute atomic E-state index is 3.75. The van der Waals surface area contributed by atoms with Gasteiger partial charge in [0.2, 0.25) is 0 Å². The zero-order valence-corrected chi connectivity index (χ0v) is 91.7. The molecule has 0 saturated carbocycles. The highest BCUT2D eigenvalue weighted by molar-refractivity contribution is 14.1. The van der Waals surface area contributed by atoms with Crippen LogP contribution in [-0.4, -0.2) is 34.8 Å². The van der Waals surface area contributed by atoms with Crippen LogP contribution >= 0.6 is 102 Å². The normalized spacial score (nSPS) is 11.7. The van der Waals surface area contributed by atoms with Gasteiger partial charge in [-0.05, 0) is 286 Å². The Morgan fingerprint density at radius 2 is 0.476 bits per heavy atom. The summed E-state index contributed by atoms with van der Waals surface area (Å²) in [5, 5.41) is 20.9. The van der Waals surface area contributed by atoms with Crippen molar-refractivity contribution in [3.8, 4) is 28.2 Å². The fourth-order valence-electron chi connectivity index (χ4n) is 21.9. The van der Waals surface area contributed by atoms with Gasteiger partial charge in [0.25, 0.3) is 0 Å². The Hall–Kier alpha value is -14.7. The maximum atomic E-state index is 3.75. The lowest BCUT2D eigenvalue weighted by Crippen LogP contribution is -2.74. The zero-order valence-electron chi connectivity index (χ0n) is 79.6. The fraction of sp³-hybridized carbons (Fsp3) is 0.00752. The highest BCUT2D eigenvalue weighted by atomic mass is 127. The van der Waals surface area contributed by atoms with Crippen molar-refractivity contribution in [2.24, 2.45) is 0 Å². The van der Waals surface area contributed by atoms with Gasteiger partial charge < -0.3 is 23.6 Å². The summed E-state index contributed by atoms with van der Waals surface area (Å²) < 4.78 is 14.1. The second kappa shape index (κ2) is 43.2. The molecule has 147 heavy (non-hydrogen) atoms. The first-order valence-electron chi connectivity index (χ1n) is 48.8. The average Bonchev–Trinajstić information content (AvgIpc) is 0.785. The highest BCUT2D eigenvalue weighted by Crippen LogP contribution is 2.50. The Morgan fingerprint density at radius 1 is 0.211 bits per heavy atom. The van der Waals surface area contributed by atoms with E-state index in [1.807, 2.05) is 30.3 Å². The number of benzene rings is 22. The summed E-state index contributed by atoms with van der Waals surface area (Å²) in [4.78, 5) is 5.81. The van der Waals surface area contributed by atoms with Crippen LogP contribution in [0.2, 0.25) is 0 Å². The van der Waals surface area contributed by atoms with E-state index in [0.717, 1.165) is 50.8 Å². The van der Waals surface area contributed by atoms with Gasteiger partial charge in [-0.25, -0.2) is 0 Å². The summed E-state index contributed by atoms with van der Waals surface area (Å²) in [7, 11) is -5.42. The lowest BCUT2D eigenvalue weighted by atomic mass is 9.89. The molecule has 0 amide bonds. The molecule has 1 N–H and O–H groups in total. The molecule has 0 radical (unpaired) electrons. The third-order valence-electron chi connectivity index (χ3n) is 28.1. The van der Waals surface area contributed by atoms with Crippen LogP contribution in [0, 0.1) is 3.57 Å². The van der Waals surface area contributed by atoms with E-state index in [1.165, 1.54) is 166 Å². The van der Waals surface area contributed by atoms with Crippen molar-refractivity contribution in [3.05, 3.63) is 595 Å². The summed E-state index contributed by atoms with van der Waals surface area (Å²) in [6.45, 7) is 0. The van der Waals surface area contributed by atoms with Gasteiger partial charge in [0.05, 0.1) is 33.1 Å². The van der Waals surface area contributed by atoms with E-state index in [4.69, 9.17) is 0 Å². The molecule has 1 aliphatic carbocycles. The van der Waals surface area contributed by atoms with Crippen LogP contribution in [0.1, 0.15) is 22.6 Å². The highest BCUT2D eigenvalue weighted by Gasteiger charge is 2.44. The van der Waals surface area contributed by atoms with Crippen LogP contribution < -0.4 is 46.4 Å². The first-order chi connectivity index (χ1) is 71.9. The van der Waals surface area contributed by atoms with Crippen molar-refractivity contribution in [3.63, 3.8) is 0 Å². The molecule has 0 saturated heterocycles. The molecule has 0 aliphatic heterocycles. The van der Waals surface area contributed by atoms with Crippen molar-refractivity contribution < 1.29 is 4.70 Å². The van der Waals surface area contributed by atoms with Crippen LogP contribution in [-0.2, 0) is 0 Å². The Kier molecular flexibility index (Phi) is 28.5. The van der Waals surface area contributed by atoms with E-state index >= 15 is 0 Å². The average molecular weight is 2360 g/mol. The molecular formula is C133H94Br5FIN5Si2. The Bertz CT molecular complexity index is 8880. The number of anilines is 3. The van der Waals surface area contributed by atoms with Gasteiger partial charge in [-0.2, -0.15) is 0 Å². The maximum Gasteiger partial charge on any atom is 0.179 e. The van der Waals surface area contributed by atoms with E-state index in [9.17, 15) is 0 Å². The van der Waals surface area contributed by atoms with Crippen molar-refractivity contribution in [1.82, 2.24) is 18.7 Å². The Labute approximate surface area is 912 Å². The number of para-hydroxylation sites is 5. The first-order valence-corrected chi connectivity index (χ1v) is 57.9. The smallest absolute Gasteiger partial charge is 0.179 e. The number of hydrogen-bond donors (Lipinski definition) is 1. The molecule has 0 spiro atoms.